The van der Waals surface area contributed by atoms with Gasteiger partial charge in [0, 0.05) is 18.9 Å². The van der Waals surface area contributed by atoms with E-state index < -0.39 is 10.0 Å². The number of ether oxygens (including phenoxy) is 1. The first-order valence-electron chi connectivity index (χ1n) is 7.19. The van der Waals surface area contributed by atoms with Crippen LogP contribution in [-0.2, 0) is 15.8 Å². The smallest absolute Gasteiger partial charge is 0.316 e. The summed E-state index contributed by atoms with van der Waals surface area (Å²) in [6.45, 7) is 0.783. The Balaban J connectivity index is 1.61. The second-order valence-corrected chi connectivity index (χ2v) is 8.20. The first-order chi connectivity index (χ1) is 11.0. The van der Waals surface area contributed by atoms with Crippen LogP contribution in [0.1, 0.15) is 12.0 Å². The molecule has 1 fully saturated rings. The summed E-state index contributed by atoms with van der Waals surface area (Å²) in [6.07, 6.45) is 3.61. The SMILES string of the molecule is O=S(=O)(Cc1ccccc1)N1CCC(Oc2ncc(Br)cn2)C1. The van der Waals surface area contributed by atoms with Crippen LogP contribution in [0.3, 0.4) is 0 Å². The molecule has 2 heterocycles. The van der Waals surface area contributed by atoms with Crippen LogP contribution in [0, 0.1) is 0 Å². The van der Waals surface area contributed by atoms with Crippen molar-refractivity contribution in [2.45, 2.75) is 18.3 Å². The Morgan fingerprint density at radius 3 is 2.61 bits per heavy atom. The Bertz CT molecular complexity index is 753. The van der Waals surface area contributed by atoms with Crippen molar-refractivity contribution < 1.29 is 13.2 Å². The molecule has 0 aliphatic carbocycles. The zero-order chi connectivity index (χ0) is 16.3. The van der Waals surface area contributed by atoms with Gasteiger partial charge in [-0.15, -0.1) is 0 Å². The summed E-state index contributed by atoms with van der Waals surface area (Å²) < 4.78 is 32.9. The number of nitrogens with zero attached hydrogens (tertiary/aromatic N) is 3. The topological polar surface area (TPSA) is 72.4 Å². The van der Waals surface area contributed by atoms with Gasteiger partial charge in [-0.2, -0.15) is 4.31 Å². The summed E-state index contributed by atoms with van der Waals surface area (Å²) in [4.78, 5) is 8.10. The van der Waals surface area contributed by atoms with Crippen LogP contribution >= 0.6 is 15.9 Å². The largest absolute Gasteiger partial charge is 0.459 e. The van der Waals surface area contributed by atoms with Crippen molar-refractivity contribution in [3.8, 4) is 6.01 Å². The van der Waals surface area contributed by atoms with Gasteiger partial charge in [0.15, 0.2) is 0 Å². The van der Waals surface area contributed by atoms with Crippen LogP contribution in [-0.4, -0.2) is 41.9 Å². The van der Waals surface area contributed by atoms with Gasteiger partial charge >= 0.3 is 6.01 Å². The number of hydrogen-bond acceptors (Lipinski definition) is 5. The lowest BCUT2D eigenvalue weighted by Gasteiger charge is -2.16. The molecule has 1 aliphatic rings. The van der Waals surface area contributed by atoms with Crippen molar-refractivity contribution >= 4 is 26.0 Å². The molecule has 3 rings (SSSR count). The zero-order valence-corrected chi connectivity index (χ0v) is 14.7. The monoisotopic (exact) mass is 397 g/mol. The maximum atomic E-state index is 12.5. The van der Waals surface area contributed by atoms with E-state index in [1.807, 2.05) is 30.3 Å². The molecule has 1 aromatic heterocycles. The number of sulfonamides is 1. The second kappa shape index (κ2) is 6.94. The van der Waals surface area contributed by atoms with E-state index in [1.54, 1.807) is 12.4 Å². The summed E-state index contributed by atoms with van der Waals surface area (Å²) in [5, 5.41) is 0. The van der Waals surface area contributed by atoms with Crippen molar-refractivity contribution in [3.63, 3.8) is 0 Å². The van der Waals surface area contributed by atoms with Gasteiger partial charge in [0.25, 0.3) is 0 Å². The van der Waals surface area contributed by atoms with E-state index in [9.17, 15) is 8.42 Å². The molecular formula is C15H16BrN3O3S. The predicted molar refractivity (Wildman–Crippen MR) is 89.4 cm³/mol. The Hall–Kier alpha value is -1.51. The van der Waals surface area contributed by atoms with Gasteiger partial charge in [-0.1, -0.05) is 30.3 Å². The Labute approximate surface area is 143 Å². The van der Waals surface area contributed by atoms with Crippen molar-refractivity contribution in [1.82, 2.24) is 14.3 Å². The molecule has 23 heavy (non-hydrogen) atoms. The molecule has 0 saturated carbocycles. The van der Waals surface area contributed by atoms with Crippen molar-refractivity contribution in [2.75, 3.05) is 13.1 Å². The zero-order valence-electron chi connectivity index (χ0n) is 12.3. The molecule has 1 saturated heterocycles. The van der Waals surface area contributed by atoms with E-state index in [1.165, 1.54) is 4.31 Å². The Morgan fingerprint density at radius 2 is 1.91 bits per heavy atom. The average Bonchev–Trinajstić information content (AvgIpc) is 3.00. The van der Waals surface area contributed by atoms with Gasteiger partial charge < -0.3 is 4.74 Å². The third kappa shape index (κ3) is 4.27. The van der Waals surface area contributed by atoms with Gasteiger partial charge in [0.05, 0.1) is 16.8 Å². The molecule has 1 unspecified atom stereocenters. The fraction of sp³-hybridized carbons (Fsp3) is 0.333. The second-order valence-electron chi connectivity index (χ2n) is 5.31. The van der Waals surface area contributed by atoms with Gasteiger partial charge in [-0.05, 0) is 27.9 Å². The molecular weight excluding hydrogens is 382 g/mol. The van der Waals surface area contributed by atoms with Crippen molar-refractivity contribution in [2.24, 2.45) is 0 Å². The van der Waals surface area contributed by atoms with Crippen molar-refractivity contribution in [1.29, 1.82) is 0 Å². The first kappa shape index (κ1) is 16.4. The Morgan fingerprint density at radius 1 is 1.22 bits per heavy atom. The predicted octanol–water partition coefficient (Wildman–Crippen LogP) is 2.22. The highest BCUT2D eigenvalue weighted by molar-refractivity contribution is 9.10. The first-order valence-corrected chi connectivity index (χ1v) is 9.59. The highest BCUT2D eigenvalue weighted by Gasteiger charge is 2.32. The molecule has 1 atom stereocenters. The molecule has 0 bridgehead atoms. The molecule has 1 aromatic carbocycles. The van der Waals surface area contributed by atoms with Crippen LogP contribution in [0.2, 0.25) is 0 Å². The van der Waals surface area contributed by atoms with Gasteiger partial charge in [-0.25, -0.2) is 18.4 Å². The van der Waals surface area contributed by atoms with E-state index in [0.29, 0.717) is 19.5 Å². The number of rotatable bonds is 5. The fourth-order valence-electron chi connectivity index (χ4n) is 2.43. The number of hydrogen-bond donors (Lipinski definition) is 0. The summed E-state index contributed by atoms with van der Waals surface area (Å²) in [6, 6.07) is 9.44. The van der Waals surface area contributed by atoms with Crippen LogP contribution in [0.25, 0.3) is 0 Å². The molecule has 122 valence electrons. The van der Waals surface area contributed by atoms with E-state index in [0.717, 1.165) is 10.0 Å². The maximum Gasteiger partial charge on any atom is 0.316 e. The fourth-order valence-corrected chi connectivity index (χ4v) is 4.21. The van der Waals surface area contributed by atoms with Gasteiger partial charge in [0.2, 0.25) is 10.0 Å². The third-order valence-electron chi connectivity index (χ3n) is 3.56. The average molecular weight is 398 g/mol. The highest BCUT2D eigenvalue weighted by Crippen LogP contribution is 2.20. The number of benzene rings is 1. The summed E-state index contributed by atoms with van der Waals surface area (Å²) in [5.74, 6) is 0.00927. The maximum absolute atomic E-state index is 12.5. The third-order valence-corrected chi connectivity index (χ3v) is 5.79. The van der Waals surface area contributed by atoms with Gasteiger partial charge in [0.1, 0.15) is 6.10 Å². The number of halogens is 1. The molecule has 2 aromatic rings. The molecule has 0 N–H and O–H groups in total. The Kier molecular flexibility index (Phi) is 4.93. The van der Waals surface area contributed by atoms with Crippen LogP contribution in [0.15, 0.2) is 47.2 Å². The summed E-state index contributed by atoms with van der Waals surface area (Å²) in [7, 11) is -3.34. The minimum absolute atomic E-state index is 0.00927. The van der Waals surface area contributed by atoms with Gasteiger partial charge in [-0.3, -0.25) is 0 Å². The normalized spacial score (nSPS) is 18.9. The van der Waals surface area contributed by atoms with E-state index in [2.05, 4.69) is 25.9 Å². The molecule has 0 radical (unpaired) electrons. The minimum atomic E-state index is -3.34. The lowest BCUT2D eigenvalue weighted by molar-refractivity contribution is 0.197. The van der Waals surface area contributed by atoms with Crippen LogP contribution < -0.4 is 4.74 Å². The molecule has 6 nitrogen and oxygen atoms in total. The van der Waals surface area contributed by atoms with Crippen LogP contribution in [0.5, 0.6) is 6.01 Å². The summed E-state index contributed by atoms with van der Waals surface area (Å²) >= 11 is 3.26. The minimum Gasteiger partial charge on any atom is -0.459 e. The lowest BCUT2D eigenvalue weighted by Crippen LogP contribution is -2.32. The number of aromatic nitrogens is 2. The molecule has 0 spiro atoms. The quantitative estimate of drug-likeness (QED) is 0.773. The molecule has 8 heteroatoms. The molecule has 1 aliphatic heterocycles. The highest BCUT2D eigenvalue weighted by atomic mass is 79.9. The van der Waals surface area contributed by atoms with E-state index >= 15 is 0 Å². The van der Waals surface area contributed by atoms with E-state index in [-0.39, 0.29) is 17.9 Å². The standard InChI is InChI=1S/C15H16BrN3O3S/c16-13-8-17-15(18-9-13)22-14-6-7-19(10-14)23(20,21)11-12-4-2-1-3-5-12/h1-5,8-9,14H,6-7,10-11H2. The van der Waals surface area contributed by atoms with Crippen molar-refractivity contribution in [3.05, 3.63) is 52.8 Å². The molecule has 0 amide bonds. The lowest BCUT2D eigenvalue weighted by atomic mass is 10.2. The summed E-state index contributed by atoms with van der Waals surface area (Å²) in [5.41, 5.74) is 0.785. The van der Waals surface area contributed by atoms with Crippen LogP contribution in [0.4, 0.5) is 0 Å². The van der Waals surface area contributed by atoms with E-state index in [4.69, 9.17) is 4.74 Å².